The van der Waals surface area contributed by atoms with Crippen LogP contribution in [0.3, 0.4) is 0 Å². The molecular formula is C12H15O3-. The summed E-state index contributed by atoms with van der Waals surface area (Å²) < 4.78 is 5.43. The number of rotatable bonds is 5. The number of benzene rings is 1. The van der Waals surface area contributed by atoms with Crippen LogP contribution in [0.4, 0.5) is 0 Å². The van der Waals surface area contributed by atoms with Crippen LogP contribution in [0.1, 0.15) is 24.0 Å². The van der Waals surface area contributed by atoms with Gasteiger partial charge in [0, 0.05) is 5.97 Å². The number of carbonyl (C=O) groups excluding carboxylic acids is 1. The van der Waals surface area contributed by atoms with Crippen LogP contribution >= 0.6 is 0 Å². The van der Waals surface area contributed by atoms with Gasteiger partial charge in [-0.2, -0.15) is 0 Å². The second kappa shape index (κ2) is 5.39. The van der Waals surface area contributed by atoms with Crippen molar-refractivity contribution in [1.29, 1.82) is 0 Å². The predicted molar refractivity (Wildman–Crippen MR) is 55.7 cm³/mol. The van der Waals surface area contributed by atoms with Crippen molar-refractivity contribution in [2.45, 2.75) is 26.7 Å². The van der Waals surface area contributed by atoms with E-state index in [1.165, 1.54) is 0 Å². The number of aryl methyl sites for hydroxylation is 2. The lowest BCUT2D eigenvalue weighted by atomic mass is 10.1. The maximum Gasteiger partial charge on any atom is 0.119 e. The molecule has 0 aliphatic rings. The smallest absolute Gasteiger partial charge is 0.119 e. The van der Waals surface area contributed by atoms with Gasteiger partial charge in [0.1, 0.15) is 5.75 Å². The molecule has 0 radical (unpaired) electrons. The van der Waals surface area contributed by atoms with E-state index in [1.807, 2.05) is 26.0 Å². The summed E-state index contributed by atoms with van der Waals surface area (Å²) in [5.74, 6) is -0.232. The second-order valence-corrected chi connectivity index (χ2v) is 3.65. The summed E-state index contributed by atoms with van der Waals surface area (Å²) in [5.41, 5.74) is 2.29. The van der Waals surface area contributed by atoms with Gasteiger partial charge in [0.2, 0.25) is 0 Å². The molecule has 0 saturated carbocycles. The van der Waals surface area contributed by atoms with Gasteiger partial charge in [0.05, 0.1) is 6.61 Å². The third-order valence-electron chi connectivity index (χ3n) is 1.99. The fourth-order valence-electron chi connectivity index (χ4n) is 1.42. The van der Waals surface area contributed by atoms with Crippen molar-refractivity contribution >= 4 is 5.97 Å². The first-order chi connectivity index (χ1) is 7.08. The van der Waals surface area contributed by atoms with Gasteiger partial charge in [-0.25, -0.2) is 0 Å². The minimum atomic E-state index is -1.03. The van der Waals surface area contributed by atoms with Crippen molar-refractivity contribution in [3.05, 3.63) is 29.3 Å². The Hall–Kier alpha value is -1.51. The molecule has 0 unspecified atom stereocenters. The predicted octanol–water partition coefficient (Wildman–Crippen LogP) is 1.21. The molecule has 0 aliphatic carbocycles. The quantitative estimate of drug-likeness (QED) is 0.682. The first-order valence-corrected chi connectivity index (χ1v) is 4.99. The van der Waals surface area contributed by atoms with Crippen LogP contribution in [0.2, 0.25) is 0 Å². The molecule has 0 aromatic heterocycles. The van der Waals surface area contributed by atoms with Crippen LogP contribution in [0.15, 0.2) is 18.2 Å². The van der Waals surface area contributed by atoms with Gasteiger partial charge in [-0.05, 0) is 49.9 Å². The maximum absolute atomic E-state index is 10.2. The zero-order chi connectivity index (χ0) is 11.3. The van der Waals surface area contributed by atoms with E-state index in [9.17, 15) is 9.90 Å². The molecule has 0 spiro atoms. The maximum atomic E-state index is 10.2. The Bertz CT molecular complexity index is 324. The van der Waals surface area contributed by atoms with Crippen LogP contribution in [0, 0.1) is 13.8 Å². The van der Waals surface area contributed by atoms with E-state index in [1.54, 1.807) is 0 Å². The SMILES string of the molecule is Cc1cc(C)cc(OCCCC(=O)[O-])c1. The largest absolute Gasteiger partial charge is 0.550 e. The van der Waals surface area contributed by atoms with Gasteiger partial charge >= 0.3 is 0 Å². The molecule has 0 bridgehead atoms. The second-order valence-electron chi connectivity index (χ2n) is 3.65. The molecular weight excluding hydrogens is 192 g/mol. The van der Waals surface area contributed by atoms with E-state index in [0.29, 0.717) is 13.0 Å². The Morgan fingerprint density at radius 3 is 2.40 bits per heavy atom. The lowest BCUT2D eigenvalue weighted by molar-refractivity contribution is -0.305. The molecule has 0 amide bonds. The number of carbonyl (C=O) groups is 1. The summed E-state index contributed by atoms with van der Waals surface area (Å²) in [6.45, 7) is 4.42. The minimum Gasteiger partial charge on any atom is -0.550 e. The van der Waals surface area contributed by atoms with E-state index < -0.39 is 5.97 Å². The molecule has 3 heteroatoms. The average molecular weight is 207 g/mol. The van der Waals surface area contributed by atoms with Crippen LogP contribution in [0.25, 0.3) is 0 Å². The van der Waals surface area contributed by atoms with Gasteiger partial charge in [0.25, 0.3) is 0 Å². The van der Waals surface area contributed by atoms with Crippen molar-refractivity contribution < 1.29 is 14.6 Å². The third-order valence-corrected chi connectivity index (χ3v) is 1.99. The fourth-order valence-corrected chi connectivity index (χ4v) is 1.42. The lowest BCUT2D eigenvalue weighted by Gasteiger charge is -2.08. The van der Waals surface area contributed by atoms with Gasteiger partial charge in [0.15, 0.2) is 0 Å². The van der Waals surface area contributed by atoms with Crippen LogP contribution in [0.5, 0.6) is 5.75 Å². The molecule has 0 heterocycles. The summed E-state index contributed by atoms with van der Waals surface area (Å²) >= 11 is 0. The molecule has 1 aromatic carbocycles. The summed E-state index contributed by atoms with van der Waals surface area (Å²) in [5, 5.41) is 10.2. The molecule has 0 aliphatic heterocycles. The topological polar surface area (TPSA) is 49.4 Å². The average Bonchev–Trinajstić information content (AvgIpc) is 2.10. The molecule has 15 heavy (non-hydrogen) atoms. The Kier molecular flexibility index (Phi) is 4.16. The number of carboxylic acids is 1. The van der Waals surface area contributed by atoms with E-state index in [2.05, 4.69) is 6.07 Å². The van der Waals surface area contributed by atoms with Gasteiger partial charge < -0.3 is 14.6 Å². The van der Waals surface area contributed by atoms with Gasteiger partial charge in [-0.15, -0.1) is 0 Å². The molecule has 0 fully saturated rings. The molecule has 3 nitrogen and oxygen atoms in total. The van der Waals surface area contributed by atoms with Crippen molar-refractivity contribution in [2.24, 2.45) is 0 Å². The highest BCUT2D eigenvalue weighted by Crippen LogP contribution is 2.16. The Labute approximate surface area is 89.7 Å². The highest BCUT2D eigenvalue weighted by Gasteiger charge is 1.96. The Morgan fingerprint density at radius 2 is 1.87 bits per heavy atom. The van der Waals surface area contributed by atoms with E-state index >= 15 is 0 Å². The lowest BCUT2D eigenvalue weighted by Crippen LogP contribution is -2.22. The van der Waals surface area contributed by atoms with Crippen LogP contribution < -0.4 is 9.84 Å². The Balaban J connectivity index is 2.40. The zero-order valence-corrected chi connectivity index (χ0v) is 9.08. The van der Waals surface area contributed by atoms with Crippen molar-refractivity contribution in [3.63, 3.8) is 0 Å². The van der Waals surface area contributed by atoms with E-state index in [4.69, 9.17) is 4.74 Å². The molecule has 0 N–H and O–H groups in total. The molecule has 1 rings (SSSR count). The number of carboxylic acid groups (broad SMARTS) is 1. The van der Waals surface area contributed by atoms with E-state index in [0.717, 1.165) is 16.9 Å². The van der Waals surface area contributed by atoms with E-state index in [-0.39, 0.29) is 6.42 Å². The number of hydrogen-bond acceptors (Lipinski definition) is 3. The zero-order valence-electron chi connectivity index (χ0n) is 9.08. The highest BCUT2D eigenvalue weighted by molar-refractivity contribution is 5.64. The van der Waals surface area contributed by atoms with Crippen LogP contribution in [-0.2, 0) is 4.79 Å². The summed E-state index contributed by atoms with van der Waals surface area (Å²) in [4.78, 5) is 10.2. The summed E-state index contributed by atoms with van der Waals surface area (Å²) in [6, 6.07) is 5.94. The molecule has 0 saturated heterocycles. The summed E-state index contributed by atoms with van der Waals surface area (Å²) in [7, 11) is 0. The van der Waals surface area contributed by atoms with Crippen molar-refractivity contribution in [3.8, 4) is 5.75 Å². The fraction of sp³-hybridized carbons (Fsp3) is 0.417. The summed E-state index contributed by atoms with van der Waals surface area (Å²) in [6.07, 6.45) is 0.528. The van der Waals surface area contributed by atoms with Crippen LogP contribution in [-0.4, -0.2) is 12.6 Å². The highest BCUT2D eigenvalue weighted by atomic mass is 16.5. The first kappa shape index (κ1) is 11.6. The molecule has 1 aromatic rings. The minimum absolute atomic E-state index is 0.0464. The van der Waals surface area contributed by atoms with Crippen molar-refractivity contribution in [2.75, 3.05) is 6.61 Å². The van der Waals surface area contributed by atoms with Crippen molar-refractivity contribution in [1.82, 2.24) is 0 Å². The molecule has 82 valence electrons. The standard InChI is InChI=1S/C12H16O3/c1-9-6-10(2)8-11(7-9)15-5-3-4-12(13)14/h6-8H,3-5H2,1-2H3,(H,13,14)/p-1. The monoisotopic (exact) mass is 207 g/mol. The number of ether oxygens (including phenoxy) is 1. The number of hydrogen-bond donors (Lipinski definition) is 0. The first-order valence-electron chi connectivity index (χ1n) is 4.99. The normalized spacial score (nSPS) is 10.0. The molecule has 0 atom stereocenters. The third kappa shape index (κ3) is 4.49. The van der Waals surface area contributed by atoms with Gasteiger partial charge in [-0.1, -0.05) is 6.07 Å². The van der Waals surface area contributed by atoms with Gasteiger partial charge in [-0.3, -0.25) is 0 Å². The number of aliphatic carboxylic acids is 1. The Morgan fingerprint density at radius 1 is 1.27 bits per heavy atom.